The molecule has 1 N–H and O–H groups in total. The van der Waals surface area contributed by atoms with Crippen LogP contribution < -0.4 is 4.74 Å². The normalized spacial score (nSPS) is 12.7. The largest absolute Gasteiger partial charge is 0.494 e. The van der Waals surface area contributed by atoms with E-state index in [9.17, 15) is 8.78 Å². The lowest BCUT2D eigenvalue weighted by Crippen LogP contribution is -2.00. The zero-order chi connectivity index (χ0) is 10.0. The van der Waals surface area contributed by atoms with Gasteiger partial charge in [0, 0.05) is 11.6 Å². The molecule has 0 spiro atoms. The zero-order valence-corrected chi connectivity index (χ0v) is 7.34. The van der Waals surface area contributed by atoms with Crippen LogP contribution in [0.5, 0.6) is 5.75 Å². The predicted molar refractivity (Wildman–Crippen MR) is 43.5 cm³/mol. The van der Waals surface area contributed by atoms with Gasteiger partial charge < -0.3 is 9.84 Å². The monoisotopic (exact) mass is 188 g/mol. The van der Waals surface area contributed by atoms with Crippen molar-refractivity contribution in [2.24, 2.45) is 0 Å². The van der Waals surface area contributed by atoms with Gasteiger partial charge >= 0.3 is 0 Å². The first-order valence-corrected chi connectivity index (χ1v) is 3.77. The molecule has 4 heteroatoms. The lowest BCUT2D eigenvalue weighted by Gasteiger charge is -2.09. The third-order valence-corrected chi connectivity index (χ3v) is 1.70. The van der Waals surface area contributed by atoms with Gasteiger partial charge in [-0.1, -0.05) is 0 Å². The highest BCUT2D eigenvalue weighted by Crippen LogP contribution is 2.26. The van der Waals surface area contributed by atoms with Crippen LogP contribution >= 0.6 is 0 Å². The summed E-state index contributed by atoms with van der Waals surface area (Å²) in [5, 5.41) is 9.09. The summed E-state index contributed by atoms with van der Waals surface area (Å²) in [5.41, 5.74) is -0.100. The van der Waals surface area contributed by atoms with Crippen molar-refractivity contribution in [2.45, 2.75) is 13.0 Å². The SMILES string of the molecule is COc1cc(F)cc(C(C)O)c1F. The van der Waals surface area contributed by atoms with Crippen molar-refractivity contribution in [3.05, 3.63) is 29.3 Å². The van der Waals surface area contributed by atoms with Crippen molar-refractivity contribution in [1.82, 2.24) is 0 Å². The van der Waals surface area contributed by atoms with Crippen LogP contribution in [-0.4, -0.2) is 12.2 Å². The summed E-state index contributed by atoms with van der Waals surface area (Å²) >= 11 is 0. The fraction of sp³-hybridized carbons (Fsp3) is 0.333. The lowest BCUT2D eigenvalue weighted by atomic mass is 10.1. The molecule has 0 fully saturated rings. The van der Waals surface area contributed by atoms with Crippen molar-refractivity contribution in [2.75, 3.05) is 7.11 Å². The van der Waals surface area contributed by atoms with Crippen molar-refractivity contribution in [3.8, 4) is 5.75 Å². The van der Waals surface area contributed by atoms with Gasteiger partial charge in [-0.05, 0) is 13.0 Å². The van der Waals surface area contributed by atoms with E-state index >= 15 is 0 Å². The maximum atomic E-state index is 13.3. The molecule has 0 aliphatic heterocycles. The Morgan fingerprint density at radius 2 is 2.00 bits per heavy atom. The molecule has 1 aromatic rings. The number of aliphatic hydroxyl groups excluding tert-OH is 1. The molecule has 0 bridgehead atoms. The minimum atomic E-state index is -1.05. The highest BCUT2D eigenvalue weighted by Gasteiger charge is 2.14. The average molecular weight is 188 g/mol. The maximum Gasteiger partial charge on any atom is 0.171 e. The number of benzene rings is 1. The van der Waals surface area contributed by atoms with E-state index in [2.05, 4.69) is 4.74 Å². The van der Waals surface area contributed by atoms with Crippen molar-refractivity contribution in [1.29, 1.82) is 0 Å². The fourth-order valence-electron chi connectivity index (χ4n) is 1.04. The quantitative estimate of drug-likeness (QED) is 0.769. The standard InChI is InChI=1S/C9H10F2O2/c1-5(12)7-3-6(10)4-8(13-2)9(7)11/h3-5,12H,1-2H3. The van der Waals surface area contributed by atoms with E-state index in [0.29, 0.717) is 0 Å². The van der Waals surface area contributed by atoms with E-state index in [4.69, 9.17) is 5.11 Å². The summed E-state index contributed by atoms with van der Waals surface area (Å²) in [4.78, 5) is 0. The third kappa shape index (κ3) is 1.95. The van der Waals surface area contributed by atoms with Gasteiger partial charge in [-0.2, -0.15) is 0 Å². The molecule has 0 aliphatic rings. The van der Waals surface area contributed by atoms with Gasteiger partial charge in [0.1, 0.15) is 5.82 Å². The topological polar surface area (TPSA) is 29.5 Å². The molecular weight excluding hydrogens is 178 g/mol. The summed E-state index contributed by atoms with van der Waals surface area (Å²) in [6.45, 7) is 1.36. The fourth-order valence-corrected chi connectivity index (χ4v) is 1.04. The molecule has 1 atom stereocenters. The highest BCUT2D eigenvalue weighted by molar-refractivity contribution is 5.33. The Bertz CT molecular complexity index is 311. The minimum Gasteiger partial charge on any atom is -0.494 e. The van der Waals surface area contributed by atoms with E-state index in [1.165, 1.54) is 14.0 Å². The highest BCUT2D eigenvalue weighted by atomic mass is 19.1. The van der Waals surface area contributed by atoms with E-state index in [-0.39, 0.29) is 11.3 Å². The number of hydrogen-bond acceptors (Lipinski definition) is 2. The molecular formula is C9H10F2O2. The van der Waals surface area contributed by atoms with Crippen LogP contribution in [0.2, 0.25) is 0 Å². The smallest absolute Gasteiger partial charge is 0.171 e. The molecule has 72 valence electrons. The van der Waals surface area contributed by atoms with Crippen molar-refractivity contribution < 1.29 is 18.6 Å². The Morgan fingerprint density at radius 3 is 2.46 bits per heavy atom. The first-order valence-electron chi connectivity index (χ1n) is 3.77. The molecule has 0 heterocycles. The van der Waals surface area contributed by atoms with Crippen LogP contribution in [0.15, 0.2) is 12.1 Å². The molecule has 1 aromatic carbocycles. The molecule has 13 heavy (non-hydrogen) atoms. The minimum absolute atomic E-state index is 0.100. The molecule has 0 radical (unpaired) electrons. The van der Waals surface area contributed by atoms with Gasteiger partial charge in [0.15, 0.2) is 11.6 Å². The van der Waals surface area contributed by atoms with Crippen molar-refractivity contribution in [3.63, 3.8) is 0 Å². The third-order valence-electron chi connectivity index (χ3n) is 1.70. The first kappa shape index (κ1) is 9.92. The Balaban J connectivity index is 3.27. The Labute approximate surface area is 74.8 Å². The zero-order valence-electron chi connectivity index (χ0n) is 7.34. The average Bonchev–Trinajstić information content (AvgIpc) is 2.08. The van der Waals surface area contributed by atoms with Gasteiger partial charge in [0.25, 0.3) is 0 Å². The molecule has 2 nitrogen and oxygen atoms in total. The van der Waals surface area contributed by atoms with Crippen LogP contribution in [0.1, 0.15) is 18.6 Å². The van der Waals surface area contributed by atoms with Gasteiger partial charge in [-0.3, -0.25) is 0 Å². The van der Waals surface area contributed by atoms with E-state index in [1.807, 2.05) is 0 Å². The number of methoxy groups -OCH3 is 1. The van der Waals surface area contributed by atoms with E-state index < -0.39 is 17.7 Å². The Kier molecular flexibility index (Phi) is 2.83. The number of hydrogen-bond donors (Lipinski definition) is 1. The lowest BCUT2D eigenvalue weighted by molar-refractivity contribution is 0.192. The Morgan fingerprint density at radius 1 is 1.38 bits per heavy atom. The van der Waals surface area contributed by atoms with Gasteiger partial charge in [-0.25, -0.2) is 8.78 Å². The number of ether oxygens (including phenoxy) is 1. The molecule has 0 saturated carbocycles. The second kappa shape index (κ2) is 3.70. The summed E-state index contributed by atoms with van der Waals surface area (Å²) in [5.74, 6) is -1.55. The molecule has 0 amide bonds. The maximum absolute atomic E-state index is 13.3. The number of rotatable bonds is 2. The van der Waals surface area contributed by atoms with Crippen LogP contribution in [0.4, 0.5) is 8.78 Å². The molecule has 1 rings (SSSR count). The van der Waals surface area contributed by atoms with E-state index in [1.54, 1.807) is 0 Å². The summed E-state index contributed by atoms with van der Waals surface area (Å²) < 4.78 is 30.6. The van der Waals surface area contributed by atoms with E-state index in [0.717, 1.165) is 12.1 Å². The number of halogens is 2. The molecule has 0 saturated heterocycles. The second-order valence-electron chi connectivity index (χ2n) is 2.69. The summed E-state index contributed by atoms with van der Waals surface area (Å²) in [6, 6.07) is 1.88. The Hall–Kier alpha value is -1.16. The summed E-state index contributed by atoms with van der Waals surface area (Å²) in [7, 11) is 1.24. The van der Waals surface area contributed by atoms with Crippen LogP contribution in [0.25, 0.3) is 0 Å². The number of aliphatic hydroxyl groups is 1. The molecule has 0 aliphatic carbocycles. The first-order chi connectivity index (χ1) is 6.06. The van der Waals surface area contributed by atoms with Gasteiger partial charge in [0.2, 0.25) is 0 Å². The van der Waals surface area contributed by atoms with Crippen LogP contribution in [0, 0.1) is 11.6 Å². The van der Waals surface area contributed by atoms with Gasteiger partial charge in [-0.15, -0.1) is 0 Å². The predicted octanol–water partition coefficient (Wildman–Crippen LogP) is 2.03. The second-order valence-corrected chi connectivity index (χ2v) is 2.69. The van der Waals surface area contributed by atoms with Crippen molar-refractivity contribution >= 4 is 0 Å². The van der Waals surface area contributed by atoms with Crippen LogP contribution in [-0.2, 0) is 0 Å². The molecule has 0 aromatic heterocycles. The molecule has 1 unspecified atom stereocenters. The van der Waals surface area contributed by atoms with Gasteiger partial charge in [0.05, 0.1) is 13.2 Å². The van der Waals surface area contributed by atoms with Crippen LogP contribution in [0.3, 0.4) is 0 Å². The summed E-state index contributed by atoms with van der Waals surface area (Å²) in [6.07, 6.45) is -1.05.